The van der Waals surface area contributed by atoms with Crippen LogP contribution in [0.2, 0.25) is 0 Å². The summed E-state index contributed by atoms with van der Waals surface area (Å²) in [5.41, 5.74) is 0. The van der Waals surface area contributed by atoms with Gasteiger partial charge >= 0.3 is 0 Å². The van der Waals surface area contributed by atoms with Crippen molar-refractivity contribution >= 4 is 20.7 Å². The van der Waals surface area contributed by atoms with Gasteiger partial charge < -0.3 is 14.2 Å². The summed E-state index contributed by atoms with van der Waals surface area (Å²) < 4.78 is 45.2. The van der Waals surface area contributed by atoms with Crippen LogP contribution in [0.5, 0.6) is 0 Å². The number of sulfone groups is 1. The molecule has 1 spiro atoms. The lowest BCUT2D eigenvalue weighted by Crippen LogP contribution is -2.42. The van der Waals surface area contributed by atoms with Crippen LogP contribution in [-0.2, 0) is 34.9 Å². The highest BCUT2D eigenvalue weighted by molar-refractivity contribution is 7.97. The fraction of sp³-hybridized carbons (Fsp3) is 0.357. The molecule has 0 bridgehead atoms. The molecule has 2 aliphatic heterocycles. The molecule has 3 aliphatic rings. The maximum Gasteiger partial charge on any atom is 0.181 e. The van der Waals surface area contributed by atoms with Crippen LogP contribution in [0.15, 0.2) is 105 Å². The Labute approximate surface area is 209 Å². The minimum atomic E-state index is -3.51. The van der Waals surface area contributed by atoms with E-state index in [1.165, 1.54) is 9.79 Å². The third-order valence-corrected chi connectivity index (χ3v) is 11.6. The molecule has 5 nitrogen and oxygen atoms in total. The summed E-state index contributed by atoms with van der Waals surface area (Å²) in [7, 11) is -3.82. The van der Waals surface area contributed by atoms with Crippen molar-refractivity contribution in [1.82, 2.24) is 0 Å². The van der Waals surface area contributed by atoms with Gasteiger partial charge in [-0.05, 0) is 61.4 Å². The predicted molar refractivity (Wildman–Crippen MR) is 134 cm³/mol. The number of rotatable bonds is 5. The maximum absolute atomic E-state index is 13.7. The zero-order valence-electron chi connectivity index (χ0n) is 19.4. The van der Waals surface area contributed by atoms with E-state index in [9.17, 15) is 8.42 Å². The smallest absolute Gasteiger partial charge is 0.181 e. The van der Waals surface area contributed by atoms with Gasteiger partial charge in [0, 0.05) is 12.8 Å². The summed E-state index contributed by atoms with van der Waals surface area (Å²) in [6, 6.07) is 28.2. The SMILES string of the molecule is O=S(=O)(c1ccc([S+](c2ccccc2)c2ccccc2)cc1)C1CCCC2(C1)OC1COCC1O2. The molecule has 0 amide bonds. The lowest BCUT2D eigenvalue weighted by Gasteiger charge is -2.36. The molecule has 1 saturated carbocycles. The Kier molecular flexibility index (Phi) is 6.23. The summed E-state index contributed by atoms with van der Waals surface area (Å²) in [4.78, 5) is 3.87. The highest BCUT2D eigenvalue weighted by atomic mass is 32.2. The van der Waals surface area contributed by atoms with Crippen LogP contribution in [0.4, 0.5) is 0 Å². The van der Waals surface area contributed by atoms with Crippen LogP contribution in [0.25, 0.3) is 0 Å². The zero-order valence-corrected chi connectivity index (χ0v) is 21.0. The van der Waals surface area contributed by atoms with Crippen LogP contribution in [-0.4, -0.2) is 44.9 Å². The van der Waals surface area contributed by atoms with Gasteiger partial charge in [0.1, 0.15) is 12.2 Å². The molecule has 0 radical (unpaired) electrons. The van der Waals surface area contributed by atoms with E-state index in [4.69, 9.17) is 14.2 Å². The van der Waals surface area contributed by atoms with Crippen molar-refractivity contribution in [3.05, 3.63) is 84.9 Å². The van der Waals surface area contributed by atoms with Crippen LogP contribution in [0.3, 0.4) is 0 Å². The molecule has 182 valence electrons. The second-order valence-electron chi connectivity index (χ2n) is 9.43. The molecule has 1 aliphatic carbocycles. The van der Waals surface area contributed by atoms with Gasteiger partial charge in [-0.3, -0.25) is 0 Å². The molecule has 0 aromatic heterocycles. The maximum atomic E-state index is 13.7. The summed E-state index contributed by atoms with van der Waals surface area (Å²) in [6.07, 6.45) is 2.36. The number of hydrogen-bond acceptors (Lipinski definition) is 5. The van der Waals surface area contributed by atoms with Crippen LogP contribution < -0.4 is 0 Å². The minimum Gasteiger partial charge on any atom is -0.376 e. The van der Waals surface area contributed by atoms with E-state index in [2.05, 4.69) is 24.3 Å². The van der Waals surface area contributed by atoms with Crippen molar-refractivity contribution in [2.45, 2.75) is 68.5 Å². The van der Waals surface area contributed by atoms with Gasteiger partial charge in [0.25, 0.3) is 0 Å². The van der Waals surface area contributed by atoms with Crippen molar-refractivity contribution < 1.29 is 22.6 Å². The molecule has 3 atom stereocenters. The molecule has 35 heavy (non-hydrogen) atoms. The monoisotopic (exact) mass is 509 g/mol. The van der Waals surface area contributed by atoms with E-state index in [0.717, 1.165) is 17.7 Å². The molecule has 2 heterocycles. The number of fused-ring (bicyclic) bond motifs is 1. The topological polar surface area (TPSA) is 61.8 Å². The van der Waals surface area contributed by atoms with Gasteiger partial charge in [0.2, 0.25) is 0 Å². The Hall–Kier alpha value is -2.16. The number of hydrogen-bond donors (Lipinski definition) is 0. The molecule has 0 N–H and O–H groups in total. The third kappa shape index (κ3) is 4.45. The van der Waals surface area contributed by atoms with E-state index in [1.54, 1.807) is 12.1 Å². The fourth-order valence-corrected chi connectivity index (χ4v) is 9.36. The Bertz CT molecular complexity index is 1210. The Morgan fingerprint density at radius 3 is 1.86 bits per heavy atom. The Morgan fingerprint density at radius 1 is 0.743 bits per heavy atom. The lowest BCUT2D eigenvalue weighted by molar-refractivity contribution is -0.206. The summed E-state index contributed by atoms with van der Waals surface area (Å²) >= 11 is 0. The van der Waals surface area contributed by atoms with Crippen LogP contribution in [0, 0.1) is 0 Å². The van der Waals surface area contributed by atoms with E-state index < -0.39 is 20.9 Å². The average molecular weight is 510 g/mol. The first kappa shape index (κ1) is 23.3. The highest BCUT2D eigenvalue weighted by Gasteiger charge is 2.53. The normalized spacial score (nSPS) is 28.4. The standard InChI is InChI=1S/C28H29O5S2/c29-35(30,25-12-7-17-28(18-25)32-26-19-31-20-27(26)33-28)24-15-13-23(14-16-24)34(21-8-3-1-4-9-21)22-10-5-2-6-11-22/h1-6,8-11,13-16,25-27H,7,12,17-20H2/q+1. The van der Waals surface area contributed by atoms with Gasteiger partial charge in [0.05, 0.1) is 34.3 Å². The molecule has 3 fully saturated rings. The van der Waals surface area contributed by atoms with Gasteiger partial charge in [0.15, 0.2) is 30.3 Å². The first-order chi connectivity index (χ1) is 17.0. The van der Waals surface area contributed by atoms with Gasteiger partial charge in [-0.15, -0.1) is 0 Å². The molecule has 3 unspecified atom stereocenters. The van der Waals surface area contributed by atoms with Crippen molar-refractivity contribution in [3.63, 3.8) is 0 Å². The quantitative estimate of drug-likeness (QED) is 0.453. The first-order valence-corrected chi connectivity index (χ1v) is 14.9. The largest absolute Gasteiger partial charge is 0.376 e. The second kappa shape index (κ2) is 9.37. The molecular formula is C28H29O5S2+. The molecule has 6 rings (SSSR count). The molecule has 3 aromatic rings. The van der Waals surface area contributed by atoms with Gasteiger partial charge in [-0.1, -0.05) is 36.4 Å². The van der Waals surface area contributed by atoms with Crippen molar-refractivity contribution in [2.75, 3.05) is 13.2 Å². The molecule has 7 heteroatoms. The fourth-order valence-electron chi connectivity index (χ4n) is 5.42. The van der Waals surface area contributed by atoms with Crippen molar-refractivity contribution in [1.29, 1.82) is 0 Å². The van der Waals surface area contributed by atoms with Crippen molar-refractivity contribution in [3.8, 4) is 0 Å². The van der Waals surface area contributed by atoms with Crippen LogP contribution in [0.1, 0.15) is 25.7 Å². The summed E-state index contributed by atoms with van der Waals surface area (Å²) in [6.45, 7) is 1.05. The zero-order chi connectivity index (χ0) is 23.9. The van der Waals surface area contributed by atoms with E-state index >= 15 is 0 Å². The summed E-state index contributed by atoms with van der Waals surface area (Å²) in [5.74, 6) is -0.790. The molecule has 3 aromatic carbocycles. The van der Waals surface area contributed by atoms with Crippen molar-refractivity contribution in [2.24, 2.45) is 0 Å². The number of ether oxygens (including phenoxy) is 3. The minimum absolute atomic E-state index is 0.0790. The van der Waals surface area contributed by atoms with E-state index in [0.29, 0.717) is 31.0 Å². The first-order valence-electron chi connectivity index (χ1n) is 12.2. The Balaban J connectivity index is 1.26. The molecule has 2 saturated heterocycles. The average Bonchev–Trinajstić information content (AvgIpc) is 3.45. The lowest BCUT2D eigenvalue weighted by atomic mass is 9.94. The van der Waals surface area contributed by atoms with E-state index in [-0.39, 0.29) is 23.1 Å². The highest BCUT2D eigenvalue weighted by Crippen LogP contribution is 2.45. The second-order valence-corrected chi connectivity index (χ2v) is 13.7. The predicted octanol–water partition coefficient (Wildman–Crippen LogP) is 5.01. The van der Waals surface area contributed by atoms with Gasteiger partial charge in [-0.2, -0.15) is 0 Å². The molecular weight excluding hydrogens is 480 g/mol. The summed E-state index contributed by atoms with van der Waals surface area (Å²) in [5, 5.41) is -0.511. The van der Waals surface area contributed by atoms with E-state index in [1.807, 2.05) is 48.5 Å². The third-order valence-electron chi connectivity index (χ3n) is 7.12. The van der Waals surface area contributed by atoms with Crippen LogP contribution >= 0.6 is 0 Å². The van der Waals surface area contributed by atoms with Gasteiger partial charge in [-0.25, -0.2) is 8.42 Å². The number of benzene rings is 3. The Morgan fingerprint density at radius 2 is 1.29 bits per heavy atom.